The zero-order valence-corrected chi connectivity index (χ0v) is 12.5. The molecule has 0 aliphatic heterocycles. The van der Waals surface area contributed by atoms with Crippen LogP contribution in [0.5, 0.6) is 0 Å². The highest BCUT2D eigenvalue weighted by molar-refractivity contribution is 6.02. The average Bonchev–Trinajstić information content (AvgIpc) is 3.03. The summed E-state index contributed by atoms with van der Waals surface area (Å²) < 4.78 is 0. The van der Waals surface area contributed by atoms with Gasteiger partial charge in [-0.25, -0.2) is 0 Å². The minimum atomic E-state index is -0.00717. The Hall–Kier alpha value is -3.07. The van der Waals surface area contributed by atoms with Gasteiger partial charge < -0.3 is 10.3 Å². The lowest BCUT2D eigenvalue weighted by molar-refractivity contribution is -0.115. The molecule has 23 heavy (non-hydrogen) atoms. The van der Waals surface area contributed by atoms with E-state index in [1.807, 2.05) is 72.9 Å². The third-order valence-electron chi connectivity index (χ3n) is 4.05. The van der Waals surface area contributed by atoms with Crippen molar-refractivity contribution < 1.29 is 4.79 Å². The number of nitrogens with one attached hydrogen (secondary N) is 2. The molecule has 112 valence electrons. The predicted molar refractivity (Wildman–Crippen MR) is 94.6 cm³/mol. The maximum Gasteiger partial charge on any atom is 0.228 e. The summed E-state index contributed by atoms with van der Waals surface area (Å²) in [7, 11) is 0. The number of anilines is 1. The van der Waals surface area contributed by atoms with Crippen LogP contribution in [0.4, 0.5) is 5.69 Å². The Morgan fingerprint density at radius 2 is 1.78 bits per heavy atom. The van der Waals surface area contributed by atoms with Crippen LogP contribution >= 0.6 is 0 Å². The second kappa shape index (κ2) is 5.61. The summed E-state index contributed by atoms with van der Waals surface area (Å²) in [5.41, 5.74) is 2.91. The van der Waals surface area contributed by atoms with Crippen LogP contribution in [0.15, 0.2) is 72.9 Å². The first-order chi connectivity index (χ1) is 11.3. The average molecular weight is 300 g/mol. The first-order valence-corrected chi connectivity index (χ1v) is 7.63. The van der Waals surface area contributed by atoms with Gasteiger partial charge in [0, 0.05) is 22.8 Å². The first-order valence-electron chi connectivity index (χ1n) is 7.63. The van der Waals surface area contributed by atoms with Gasteiger partial charge in [-0.05, 0) is 34.5 Å². The van der Waals surface area contributed by atoms with E-state index in [2.05, 4.69) is 10.3 Å². The monoisotopic (exact) mass is 300 g/mol. The zero-order chi connectivity index (χ0) is 15.6. The summed E-state index contributed by atoms with van der Waals surface area (Å²) in [6.07, 6.45) is 2.27. The SMILES string of the molecule is O=C(Cc1ccc2cc[nH]c2c1)Nc1cccc2ccccc12. The van der Waals surface area contributed by atoms with E-state index in [0.717, 1.165) is 32.9 Å². The van der Waals surface area contributed by atoms with Crippen LogP contribution in [-0.4, -0.2) is 10.9 Å². The fraction of sp³-hybridized carbons (Fsp3) is 0.0500. The largest absolute Gasteiger partial charge is 0.361 e. The number of carbonyl (C=O) groups is 1. The van der Waals surface area contributed by atoms with Gasteiger partial charge >= 0.3 is 0 Å². The molecule has 1 heterocycles. The van der Waals surface area contributed by atoms with Crippen molar-refractivity contribution in [3.8, 4) is 0 Å². The Labute approximate surface area is 134 Å². The molecule has 3 nitrogen and oxygen atoms in total. The summed E-state index contributed by atoms with van der Waals surface area (Å²) in [5.74, 6) is -0.00717. The Bertz CT molecular complexity index is 995. The summed E-state index contributed by atoms with van der Waals surface area (Å²) in [6, 6.07) is 22.1. The molecule has 0 aliphatic carbocycles. The second-order valence-electron chi connectivity index (χ2n) is 5.65. The van der Waals surface area contributed by atoms with Gasteiger partial charge in [-0.1, -0.05) is 48.5 Å². The molecule has 0 spiro atoms. The molecule has 4 aromatic rings. The molecule has 0 saturated heterocycles. The Morgan fingerprint density at radius 1 is 0.913 bits per heavy atom. The highest BCUT2D eigenvalue weighted by Gasteiger charge is 2.07. The maximum atomic E-state index is 12.4. The minimum Gasteiger partial charge on any atom is -0.361 e. The molecule has 0 aliphatic rings. The number of benzene rings is 3. The van der Waals surface area contributed by atoms with Crippen molar-refractivity contribution in [1.29, 1.82) is 0 Å². The highest BCUT2D eigenvalue weighted by atomic mass is 16.1. The van der Waals surface area contributed by atoms with Gasteiger partial charge in [0.25, 0.3) is 0 Å². The van der Waals surface area contributed by atoms with E-state index in [1.165, 1.54) is 0 Å². The molecular weight excluding hydrogens is 284 g/mol. The Kier molecular flexibility index (Phi) is 3.31. The van der Waals surface area contributed by atoms with E-state index in [9.17, 15) is 4.79 Å². The van der Waals surface area contributed by atoms with Crippen molar-refractivity contribution in [3.05, 3.63) is 78.5 Å². The van der Waals surface area contributed by atoms with Gasteiger partial charge in [-0.2, -0.15) is 0 Å². The van der Waals surface area contributed by atoms with E-state index >= 15 is 0 Å². The molecule has 0 saturated carbocycles. The molecule has 3 aromatic carbocycles. The number of aromatic nitrogens is 1. The van der Waals surface area contributed by atoms with E-state index < -0.39 is 0 Å². The number of carbonyl (C=O) groups excluding carboxylic acids is 1. The van der Waals surface area contributed by atoms with Crippen LogP contribution in [0.3, 0.4) is 0 Å². The van der Waals surface area contributed by atoms with Gasteiger partial charge in [0.05, 0.1) is 6.42 Å². The van der Waals surface area contributed by atoms with Crippen molar-refractivity contribution >= 4 is 33.3 Å². The molecule has 0 bridgehead atoms. The number of H-pyrrole nitrogens is 1. The van der Waals surface area contributed by atoms with Gasteiger partial charge in [0.15, 0.2) is 0 Å². The quantitative estimate of drug-likeness (QED) is 0.575. The topological polar surface area (TPSA) is 44.9 Å². The van der Waals surface area contributed by atoms with Crippen LogP contribution in [0.1, 0.15) is 5.56 Å². The molecule has 1 amide bonds. The minimum absolute atomic E-state index is 0.00717. The fourth-order valence-corrected chi connectivity index (χ4v) is 2.92. The van der Waals surface area contributed by atoms with E-state index in [-0.39, 0.29) is 5.91 Å². The zero-order valence-electron chi connectivity index (χ0n) is 12.5. The number of aromatic amines is 1. The molecule has 2 N–H and O–H groups in total. The maximum absolute atomic E-state index is 12.4. The molecule has 0 fully saturated rings. The Morgan fingerprint density at radius 3 is 2.74 bits per heavy atom. The van der Waals surface area contributed by atoms with Crippen molar-refractivity contribution in [2.24, 2.45) is 0 Å². The van der Waals surface area contributed by atoms with E-state index in [1.54, 1.807) is 0 Å². The van der Waals surface area contributed by atoms with E-state index in [4.69, 9.17) is 0 Å². The molecular formula is C20H16N2O. The number of hydrogen-bond donors (Lipinski definition) is 2. The van der Waals surface area contributed by atoms with Crippen LogP contribution < -0.4 is 5.32 Å². The van der Waals surface area contributed by atoms with Crippen molar-refractivity contribution in [1.82, 2.24) is 4.98 Å². The van der Waals surface area contributed by atoms with Gasteiger partial charge in [-0.15, -0.1) is 0 Å². The lowest BCUT2D eigenvalue weighted by atomic mass is 10.1. The summed E-state index contributed by atoms with van der Waals surface area (Å²) in [5, 5.41) is 6.36. The first kappa shape index (κ1) is 13.6. The lowest BCUT2D eigenvalue weighted by Gasteiger charge is -2.09. The van der Waals surface area contributed by atoms with Crippen molar-refractivity contribution in [2.75, 3.05) is 5.32 Å². The highest BCUT2D eigenvalue weighted by Crippen LogP contribution is 2.23. The third kappa shape index (κ3) is 2.69. The molecule has 4 rings (SSSR count). The smallest absolute Gasteiger partial charge is 0.228 e. The number of hydrogen-bond acceptors (Lipinski definition) is 1. The third-order valence-corrected chi connectivity index (χ3v) is 4.05. The molecule has 1 aromatic heterocycles. The summed E-state index contributed by atoms with van der Waals surface area (Å²) in [6.45, 7) is 0. The summed E-state index contributed by atoms with van der Waals surface area (Å²) >= 11 is 0. The van der Waals surface area contributed by atoms with Crippen LogP contribution in [0.25, 0.3) is 21.7 Å². The molecule has 0 unspecified atom stereocenters. The molecule has 0 atom stereocenters. The molecule has 3 heteroatoms. The standard InChI is InChI=1S/C20H16N2O/c23-20(13-14-8-9-16-10-11-21-19(16)12-14)22-18-7-3-5-15-4-1-2-6-17(15)18/h1-12,21H,13H2,(H,22,23). The van der Waals surface area contributed by atoms with Gasteiger partial charge in [-0.3, -0.25) is 4.79 Å². The number of fused-ring (bicyclic) bond motifs is 2. The molecule has 0 radical (unpaired) electrons. The Balaban J connectivity index is 1.57. The van der Waals surface area contributed by atoms with Crippen molar-refractivity contribution in [3.63, 3.8) is 0 Å². The van der Waals surface area contributed by atoms with Crippen LogP contribution in [0.2, 0.25) is 0 Å². The number of rotatable bonds is 3. The van der Waals surface area contributed by atoms with Gasteiger partial charge in [0.1, 0.15) is 0 Å². The number of amides is 1. The fourth-order valence-electron chi connectivity index (χ4n) is 2.92. The van der Waals surface area contributed by atoms with Crippen LogP contribution in [0, 0.1) is 0 Å². The van der Waals surface area contributed by atoms with E-state index in [0.29, 0.717) is 6.42 Å². The van der Waals surface area contributed by atoms with Gasteiger partial charge in [0.2, 0.25) is 5.91 Å². The lowest BCUT2D eigenvalue weighted by Crippen LogP contribution is -2.14. The predicted octanol–water partition coefficient (Wildman–Crippen LogP) is 4.50. The van der Waals surface area contributed by atoms with Crippen molar-refractivity contribution in [2.45, 2.75) is 6.42 Å². The second-order valence-corrected chi connectivity index (χ2v) is 5.65. The van der Waals surface area contributed by atoms with Crippen LogP contribution in [-0.2, 0) is 11.2 Å². The summed E-state index contributed by atoms with van der Waals surface area (Å²) in [4.78, 5) is 15.6. The normalized spacial score (nSPS) is 11.0.